The van der Waals surface area contributed by atoms with Crippen LogP contribution < -0.4 is 0 Å². The molecule has 1 saturated heterocycles. The SMILES string of the molecule is O=C(c1cccc(Cl)c1)N1CCC(c2nnc(Cn3cccn3)o2)CC1. The Bertz CT molecular complexity index is 885. The lowest BCUT2D eigenvalue weighted by molar-refractivity contribution is 0.0706. The normalized spacial score (nSPS) is 15.3. The average Bonchev–Trinajstić information content (AvgIpc) is 3.34. The van der Waals surface area contributed by atoms with Crippen molar-refractivity contribution in [3.63, 3.8) is 0 Å². The van der Waals surface area contributed by atoms with Crippen molar-refractivity contribution in [2.75, 3.05) is 13.1 Å². The molecule has 0 spiro atoms. The van der Waals surface area contributed by atoms with E-state index in [2.05, 4.69) is 15.3 Å². The molecule has 0 radical (unpaired) electrons. The average molecular weight is 372 g/mol. The maximum Gasteiger partial charge on any atom is 0.253 e. The van der Waals surface area contributed by atoms with E-state index in [0.717, 1.165) is 12.8 Å². The summed E-state index contributed by atoms with van der Waals surface area (Å²) in [5.74, 6) is 1.37. The van der Waals surface area contributed by atoms with Crippen molar-refractivity contribution in [2.24, 2.45) is 0 Å². The van der Waals surface area contributed by atoms with Crippen molar-refractivity contribution in [3.8, 4) is 0 Å². The predicted octanol–water partition coefficient (Wildman–Crippen LogP) is 2.99. The van der Waals surface area contributed by atoms with Gasteiger partial charge in [0.25, 0.3) is 5.91 Å². The van der Waals surface area contributed by atoms with Gasteiger partial charge in [-0.15, -0.1) is 10.2 Å². The molecule has 134 valence electrons. The Labute approximate surface area is 155 Å². The van der Waals surface area contributed by atoms with Crippen molar-refractivity contribution in [1.29, 1.82) is 0 Å². The Hall–Kier alpha value is -2.67. The standard InChI is InChI=1S/C18H18ClN5O2/c19-15-4-1-3-14(11-15)18(25)23-9-5-13(6-10-23)17-22-21-16(26-17)12-24-8-2-7-20-24/h1-4,7-8,11,13H,5-6,9-10,12H2. The number of amides is 1. The van der Waals surface area contributed by atoms with E-state index in [-0.39, 0.29) is 11.8 Å². The van der Waals surface area contributed by atoms with E-state index in [1.165, 1.54) is 0 Å². The van der Waals surface area contributed by atoms with Crippen molar-refractivity contribution < 1.29 is 9.21 Å². The summed E-state index contributed by atoms with van der Waals surface area (Å²) in [7, 11) is 0. The molecule has 0 unspecified atom stereocenters. The number of piperidine rings is 1. The van der Waals surface area contributed by atoms with Crippen molar-refractivity contribution in [1.82, 2.24) is 24.9 Å². The fourth-order valence-electron chi connectivity index (χ4n) is 3.16. The number of hydrogen-bond acceptors (Lipinski definition) is 5. The Morgan fingerprint density at radius 3 is 2.81 bits per heavy atom. The van der Waals surface area contributed by atoms with Gasteiger partial charge in [0.2, 0.25) is 11.8 Å². The van der Waals surface area contributed by atoms with Gasteiger partial charge < -0.3 is 9.32 Å². The number of carbonyl (C=O) groups excluding carboxylic acids is 1. The molecule has 3 aromatic rings. The number of carbonyl (C=O) groups is 1. The van der Waals surface area contributed by atoms with Gasteiger partial charge in [0, 0.05) is 42.0 Å². The molecule has 0 bridgehead atoms. The van der Waals surface area contributed by atoms with Crippen molar-refractivity contribution in [2.45, 2.75) is 25.3 Å². The fraction of sp³-hybridized carbons (Fsp3) is 0.333. The van der Waals surface area contributed by atoms with E-state index >= 15 is 0 Å². The van der Waals surface area contributed by atoms with Crippen LogP contribution >= 0.6 is 11.6 Å². The largest absolute Gasteiger partial charge is 0.423 e. The fourth-order valence-corrected chi connectivity index (χ4v) is 3.35. The molecule has 8 heteroatoms. The topological polar surface area (TPSA) is 77.1 Å². The highest BCUT2D eigenvalue weighted by Gasteiger charge is 2.28. The quantitative estimate of drug-likeness (QED) is 0.704. The second kappa shape index (κ2) is 7.29. The monoisotopic (exact) mass is 371 g/mol. The van der Waals surface area contributed by atoms with Crippen LogP contribution in [0.25, 0.3) is 0 Å². The molecular weight excluding hydrogens is 354 g/mol. The van der Waals surface area contributed by atoms with Crippen LogP contribution in [0.1, 0.15) is 40.9 Å². The third-order valence-corrected chi connectivity index (χ3v) is 4.78. The van der Waals surface area contributed by atoms with Crippen LogP contribution in [0, 0.1) is 0 Å². The van der Waals surface area contributed by atoms with E-state index in [1.54, 1.807) is 35.1 Å². The van der Waals surface area contributed by atoms with Crippen LogP contribution in [0.3, 0.4) is 0 Å². The van der Waals surface area contributed by atoms with Crippen molar-refractivity contribution in [3.05, 3.63) is 65.1 Å². The molecule has 0 atom stereocenters. The molecule has 1 amide bonds. The van der Waals surface area contributed by atoms with Gasteiger partial charge in [-0.1, -0.05) is 17.7 Å². The van der Waals surface area contributed by atoms with Crippen LogP contribution in [0.5, 0.6) is 0 Å². The molecule has 26 heavy (non-hydrogen) atoms. The summed E-state index contributed by atoms with van der Waals surface area (Å²) in [5, 5.41) is 13.0. The zero-order chi connectivity index (χ0) is 17.9. The molecule has 3 heterocycles. The lowest BCUT2D eigenvalue weighted by atomic mass is 9.96. The van der Waals surface area contributed by atoms with E-state index in [1.807, 2.05) is 17.2 Å². The number of rotatable bonds is 4. The Morgan fingerprint density at radius 2 is 2.08 bits per heavy atom. The summed E-state index contributed by atoms with van der Waals surface area (Å²) in [6.07, 6.45) is 5.17. The second-order valence-electron chi connectivity index (χ2n) is 6.31. The van der Waals surface area contributed by atoms with E-state index < -0.39 is 0 Å². The molecule has 7 nitrogen and oxygen atoms in total. The highest BCUT2D eigenvalue weighted by Crippen LogP contribution is 2.28. The van der Waals surface area contributed by atoms with Gasteiger partial charge in [-0.25, -0.2) is 0 Å². The first-order valence-corrected chi connectivity index (χ1v) is 8.91. The minimum absolute atomic E-state index is 0.0100. The van der Waals surface area contributed by atoms with Crippen LogP contribution in [-0.2, 0) is 6.54 Å². The maximum atomic E-state index is 12.6. The van der Waals surface area contributed by atoms with Gasteiger partial charge in [0.05, 0.1) is 0 Å². The molecule has 1 fully saturated rings. The summed E-state index contributed by atoms with van der Waals surface area (Å²) >= 11 is 5.98. The zero-order valence-electron chi connectivity index (χ0n) is 14.1. The lowest BCUT2D eigenvalue weighted by Gasteiger charge is -2.30. The van der Waals surface area contributed by atoms with E-state index in [0.29, 0.717) is 42.0 Å². The van der Waals surface area contributed by atoms with Gasteiger partial charge in [0.1, 0.15) is 6.54 Å². The summed E-state index contributed by atoms with van der Waals surface area (Å²) in [4.78, 5) is 14.4. The highest BCUT2D eigenvalue weighted by molar-refractivity contribution is 6.30. The minimum Gasteiger partial charge on any atom is -0.423 e. The summed E-state index contributed by atoms with van der Waals surface area (Å²) in [6, 6.07) is 8.90. The number of nitrogens with zero attached hydrogens (tertiary/aromatic N) is 5. The summed E-state index contributed by atoms with van der Waals surface area (Å²) in [6.45, 7) is 1.78. The molecule has 0 aliphatic carbocycles. The highest BCUT2D eigenvalue weighted by atomic mass is 35.5. The van der Waals surface area contributed by atoms with Gasteiger partial charge in [-0.2, -0.15) is 5.10 Å². The molecular formula is C18H18ClN5O2. The zero-order valence-corrected chi connectivity index (χ0v) is 14.8. The summed E-state index contributed by atoms with van der Waals surface area (Å²) < 4.78 is 7.53. The minimum atomic E-state index is 0.0100. The molecule has 1 aromatic carbocycles. The lowest BCUT2D eigenvalue weighted by Crippen LogP contribution is -2.38. The predicted molar refractivity (Wildman–Crippen MR) is 95.0 cm³/mol. The molecule has 4 rings (SSSR count). The van der Waals surface area contributed by atoms with Gasteiger partial charge in [-0.3, -0.25) is 9.48 Å². The Morgan fingerprint density at radius 1 is 1.23 bits per heavy atom. The number of halogens is 1. The summed E-state index contributed by atoms with van der Waals surface area (Å²) in [5.41, 5.74) is 0.621. The van der Waals surface area contributed by atoms with Crippen LogP contribution in [0.15, 0.2) is 47.1 Å². The van der Waals surface area contributed by atoms with Crippen molar-refractivity contribution >= 4 is 17.5 Å². The first kappa shape index (κ1) is 16.8. The van der Waals surface area contributed by atoms with Gasteiger partial charge >= 0.3 is 0 Å². The number of benzene rings is 1. The first-order chi connectivity index (χ1) is 12.7. The Kier molecular flexibility index (Phi) is 4.71. The van der Waals surface area contributed by atoms with Crippen LogP contribution in [0.4, 0.5) is 0 Å². The maximum absolute atomic E-state index is 12.6. The molecule has 2 aromatic heterocycles. The number of likely N-dealkylation sites (tertiary alicyclic amines) is 1. The second-order valence-corrected chi connectivity index (χ2v) is 6.75. The van der Waals surface area contributed by atoms with Crippen LogP contribution in [0.2, 0.25) is 5.02 Å². The molecule has 0 N–H and O–H groups in total. The third kappa shape index (κ3) is 3.62. The number of aromatic nitrogens is 4. The number of hydrogen-bond donors (Lipinski definition) is 0. The first-order valence-electron chi connectivity index (χ1n) is 8.53. The molecule has 1 aliphatic heterocycles. The van der Waals surface area contributed by atoms with E-state index in [9.17, 15) is 4.79 Å². The van der Waals surface area contributed by atoms with Gasteiger partial charge in [0.15, 0.2) is 0 Å². The van der Waals surface area contributed by atoms with Crippen LogP contribution in [-0.4, -0.2) is 43.9 Å². The molecule has 0 saturated carbocycles. The Balaban J connectivity index is 1.36. The van der Waals surface area contributed by atoms with E-state index in [4.69, 9.17) is 16.0 Å². The molecule has 1 aliphatic rings. The third-order valence-electron chi connectivity index (χ3n) is 4.54. The van der Waals surface area contributed by atoms with Gasteiger partial charge in [-0.05, 0) is 37.1 Å². The smallest absolute Gasteiger partial charge is 0.253 e.